The van der Waals surface area contributed by atoms with Crippen LogP contribution in [0, 0.1) is 6.92 Å². The number of hydrogen-bond acceptors (Lipinski definition) is 2. The highest BCUT2D eigenvalue weighted by Crippen LogP contribution is 2.29. The van der Waals surface area contributed by atoms with Crippen molar-refractivity contribution in [1.82, 2.24) is 0 Å². The largest absolute Gasteiger partial charge is 0.382 e. The van der Waals surface area contributed by atoms with Gasteiger partial charge in [-0.15, -0.1) is 0 Å². The Balaban J connectivity index is 2.99. The molecule has 1 rings (SSSR count). The standard InChI is InChI=1S/C26H48N2/c1-7-12-13-14-15-18-22-19-25(27-23(10-4)16-8-2)20-26(21(22)6)28-24(11-5)17-9-3/h19-20,23-24,27-28H,7-18H2,1-6H3. The van der Waals surface area contributed by atoms with E-state index >= 15 is 0 Å². The van der Waals surface area contributed by atoms with Crippen LogP contribution in [0.2, 0.25) is 0 Å². The predicted molar refractivity (Wildman–Crippen MR) is 129 cm³/mol. The number of benzene rings is 1. The minimum atomic E-state index is 0.578. The average molecular weight is 389 g/mol. The van der Waals surface area contributed by atoms with E-state index in [0.29, 0.717) is 12.1 Å². The van der Waals surface area contributed by atoms with E-state index in [0.717, 1.165) is 0 Å². The van der Waals surface area contributed by atoms with E-state index in [1.807, 2.05) is 0 Å². The minimum absolute atomic E-state index is 0.578. The lowest BCUT2D eigenvalue weighted by Gasteiger charge is -2.24. The van der Waals surface area contributed by atoms with Gasteiger partial charge in [0.2, 0.25) is 0 Å². The highest BCUT2D eigenvalue weighted by atomic mass is 14.9. The average Bonchev–Trinajstić information content (AvgIpc) is 2.69. The van der Waals surface area contributed by atoms with Crippen LogP contribution in [-0.2, 0) is 6.42 Å². The lowest BCUT2D eigenvalue weighted by atomic mass is 9.97. The van der Waals surface area contributed by atoms with Crippen molar-refractivity contribution in [2.24, 2.45) is 0 Å². The molecule has 1 aromatic rings. The van der Waals surface area contributed by atoms with Crippen LogP contribution in [0.4, 0.5) is 11.4 Å². The predicted octanol–water partition coefficient (Wildman–Crippen LogP) is 8.49. The smallest absolute Gasteiger partial charge is 0.0395 e. The maximum absolute atomic E-state index is 3.87. The van der Waals surface area contributed by atoms with Crippen LogP contribution in [-0.4, -0.2) is 12.1 Å². The summed E-state index contributed by atoms with van der Waals surface area (Å²) in [4.78, 5) is 0. The quantitative estimate of drug-likeness (QED) is 0.277. The monoisotopic (exact) mass is 388 g/mol. The third kappa shape index (κ3) is 8.88. The molecule has 0 bridgehead atoms. The first-order valence-electron chi connectivity index (χ1n) is 12.3. The molecule has 28 heavy (non-hydrogen) atoms. The number of aryl methyl sites for hydroxylation is 1. The topological polar surface area (TPSA) is 24.1 Å². The first kappa shape index (κ1) is 24.9. The number of unbranched alkanes of at least 4 members (excludes halogenated alkanes) is 4. The second-order valence-electron chi connectivity index (χ2n) is 8.55. The molecule has 0 heterocycles. The second kappa shape index (κ2) is 14.8. The number of rotatable bonds is 16. The summed E-state index contributed by atoms with van der Waals surface area (Å²) in [6.07, 6.45) is 15.3. The molecule has 0 aliphatic carbocycles. The van der Waals surface area contributed by atoms with Crippen molar-refractivity contribution >= 4 is 11.4 Å². The zero-order valence-electron chi connectivity index (χ0n) is 19.8. The summed E-state index contributed by atoms with van der Waals surface area (Å²) < 4.78 is 0. The summed E-state index contributed by atoms with van der Waals surface area (Å²) in [5, 5.41) is 7.70. The fourth-order valence-corrected chi connectivity index (χ4v) is 4.10. The molecule has 0 aliphatic heterocycles. The van der Waals surface area contributed by atoms with Gasteiger partial charge in [0.05, 0.1) is 0 Å². The summed E-state index contributed by atoms with van der Waals surface area (Å²) >= 11 is 0. The molecule has 2 heteroatoms. The molecule has 162 valence electrons. The van der Waals surface area contributed by atoms with Crippen molar-refractivity contribution < 1.29 is 0 Å². The molecule has 0 aromatic heterocycles. The van der Waals surface area contributed by atoms with Crippen LogP contribution < -0.4 is 10.6 Å². The second-order valence-corrected chi connectivity index (χ2v) is 8.55. The number of anilines is 2. The Morgan fingerprint density at radius 1 is 0.714 bits per heavy atom. The maximum Gasteiger partial charge on any atom is 0.0395 e. The molecular formula is C26H48N2. The fourth-order valence-electron chi connectivity index (χ4n) is 4.10. The van der Waals surface area contributed by atoms with Crippen LogP contribution in [0.25, 0.3) is 0 Å². The van der Waals surface area contributed by atoms with Crippen molar-refractivity contribution in [2.45, 2.75) is 131 Å². The molecule has 0 saturated heterocycles. The molecule has 2 atom stereocenters. The Kier molecular flexibility index (Phi) is 13.1. The molecular weight excluding hydrogens is 340 g/mol. The van der Waals surface area contributed by atoms with Crippen LogP contribution >= 0.6 is 0 Å². The Labute approximate surface area is 176 Å². The van der Waals surface area contributed by atoms with Gasteiger partial charge in [-0.2, -0.15) is 0 Å². The molecule has 2 N–H and O–H groups in total. The molecule has 2 unspecified atom stereocenters. The van der Waals surface area contributed by atoms with E-state index in [9.17, 15) is 0 Å². The van der Waals surface area contributed by atoms with Crippen molar-refractivity contribution in [3.05, 3.63) is 23.3 Å². The van der Waals surface area contributed by atoms with E-state index < -0.39 is 0 Å². The number of nitrogens with one attached hydrogen (secondary N) is 2. The SMILES string of the molecule is CCCCCCCc1cc(NC(CC)CCC)cc(NC(CC)CCC)c1C. The van der Waals surface area contributed by atoms with Gasteiger partial charge in [0.25, 0.3) is 0 Å². The third-order valence-electron chi connectivity index (χ3n) is 6.06. The molecule has 0 spiro atoms. The van der Waals surface area contributed by atoms with E-state index in [2.05, 4.69) is 64.3 Å². The van der Waals surface area contributed by atoms with Crippen molar-refractivity contribution in [2.75, 3.05) is 10.6 Å². The third-order valence-corrected chi connectivity index (χ3v) is 6.06. The normalized spacial score (nSPS) is 13.4. The zero-order chi connectivity index (χ0) is 20.8. The Bertz CT molecular complexity index is 523. The van der Waals surface area contributed by atoms with Gasteiger partial charge < -0.3 is 10.6 Å². The summed E-state index contributed by atoms with van der Waals surface area (Å²) in [6.45, 7) is 13.8. The molecule has 0 radical (unpaired) electrons. The molecule has 0 aliphatic rings. The number of hydrogen-bond donors (Lipinski definition) is 2. The first-order valence-corrected chi connectivity index (χ1v) is 12.3. The Morgan fingerprint density at radius 3 is 1.89 bits per heavy atom. The van der Waals surface area contributed by atoms with Crippen LogP contribution in [0.15, 0.2) is 12.1 Å². The summed E-state index contributed by atoms with van der Waals surface area (Å²) in [5.41, 5.74) is 5.64. The van der Waals surface area contributed by atoms with Gasteiger partial charge in [-0.1, -0.05) is 73.1 Å². The molecule has 2 nitrogen and oxygen atoms in total. The van der Waals surface area contributed by atoms with Gasteiger partial charge in [0.15, 0.2) is 0 Å². The Morgan fingerprint density at radius 2 is 1.32 bits per heavy atom. The van der Waals surface area contributed by atoms with Gasteiger partial charge in [-0.25, -0.2) is 0 Å². The van der Waals surface area contributed by atoms with Gasteiger partial charge in [-0.3, -0.25) is 0 Å². The van der Waals surface area contributed by atoms with Crippen LogP contribution in [0.3, 0.4) is 0 Å². The van der Waals surface area contributed by atoms with Gasteiger partial charge >= 0.3 is 0 Å². The molecule has 1 aromatic carbocycles. The van der Waals surface area contributed by atoms with E-state index in [1.54, 1.807) is 0 Å². The summed E-state index contributed by atoms with van der Waals surface area (Å²) in [5.74, 6) is 0. The van der Waals surface area contributed by atoms with E-state index in [-0.39, 0.29) is 0 Å². The maximum atomic E-state index is 3.87. The lowest BCUT2D eigenvalue weighted by molar-refractivity contribution is 0.618. The van der Waals surface area contributed by atoms with E-state index in [4.69, 9.17) is 0 Å². The zero-order valence-corrected chi connectivity index (χ0v) is 19.8. The molecule has 0 fully saturated rings. The molecule has 0 amide bonds. The summed E-state index contributed by atoms with van der Waals surface area (Å²) in [6, 6.07) is 5.95. The van der Waals surface area contributed by atoms with Gasteiger partial charge in [0.1, 0.15) is 0 Å². The lowest BCUT2D eigenvalue weighted by Crippen LogP contribution is -2.21. The van der Waals surface area contributed by atoms with Crippen LogP contribution in [0.1, 0.15) is 116 Å². The fraction of sp³-hybridized carbons (Fsp3) is 0.769. The minimum Gasteiger partial charge on any atom is -0.382 e. The van der Waals surface area contributed by atoms with Crippen molar-refractivity contribution in [3.63, 3.8) is 0 Å². The molecule has 0 saturated carbocycles. The van der Waals surface area contributed by atoms with Gasteiger partial charge in [0, 0.05) is 23.5 Å². The summed E-state index contributed by atoms with van der Waals surface area (Å²) in [7, 11) is 0. The van der Waals surface area contributed by atoms with Gasteiger partial charge in [-0.05, 0) is 68.7 Å². The van der Waals surface area contributed by atoms with Crippen molar-refractivity contribution in [3.8, 4) is 0 Å². The first-order chi connectivity index (χ1) is 13.6. The highest BCUT2D eigenvalue weighted by molar-refractivity contribution is 5.65. The van der Waals surface area contributed by atoms with E-state index in [1.165, 1.54) is 99.6 Å². The Hall–Kier alpha value is -1.18. The van der Waals surface area contributed by atoms with Crippen molar-refractivity contribution in [1.29, 1.82) is 0 Å². The highest BCUT2D eigenvalue weighted by Gasteiger charge is 2.13. The van der Waals surface area contributed by atoms with Crippen LogP contribution in [0.5, 0.6) is 0 Å².